The van der Waals surface area contributed by atoms with E-state index in [9.17, 15) is 90.0 Å². The molecule has 5 amide bonds. The third kappa shape index (κ3) is 14.7. The fourth-order valence-corrected chi connectivity index (χ4v) is 8.57. The second-order valence-electron chi connectivity index (χ2n) is 17.3. The van der Waals surface area contributed by atoms with E-state index < -0.39 is 209 Å². The number of hydrogen-bond acceptors (Lipinski definition) is 26. The van der Waals surface area contributed by atoms with Crippen LogP contribution >= 0.6 is 0 Å². The summed E-state index contributed by atoms with van der Waals surface area (Å²) in [5.74, 6) is -3.97. The van der Waals surface area contributed by atoms with E-state index in [1.807, 2.05) is 0 Å². The van der Waals surface area contributed by atoms with Crippen LogP contribution in [0.15, 0.2) is 0 Å². The summed E-state index contributed by atoms with van der Waals surface area (Å²) in [5.41, 5.74) is 0. The molecule has 17 N–H and O–H groups in total. The van der Waals surface area contributed by atoms with E-state index in [-0.39, 0.29) is 6.29 Å². The van der Waals surface area contributed by atoms with Crippen LogP contribution in [0.1, 0.15) is 34.6 Å². The number of nitrogens with one attached hydrogen (secondary N) is 5. The molecule has 4 fully saturated rings. The van der Waals surface area contributed by atoms with Gasteiger partial charge in [0, 0.05) is 34.6 Å². The van der Waals surface area contributed by atoms with E-state index in [0.29, 0.717) is 0 Å². The summed E-state index contributed by atoms with van der Waals surface area (Å²) in [6.45, 7) is 0.186. The lowest BCUT2D eigenvalue weighted by molar-refractivity contribution is -0.364. The summed E-state index contributed by atoms with van der Waals surface area (Å²) >= 11 is 0. The van der Waals surface area contributed by atoms with Crippen LogP contribution in [0.5, 0.6) is 0 Å². The van der Waals surface area contributed by atoms with Crippen molar-refractivity contribution in [2.45, 2.75) is 182 Å². The molecule has 0 aliphatic carbocycles. The third-order valence-electron chi connectivity index (χ3n) is 11.9. The quantitative estimate of drug-likeness (QED) is 0.0448. The van der Waals surface area contributed by atoms with Crippen LogP contribution in [0.3, 0.4) is 0 Å². The van der Waals surface area contributed by atoms with E-state index in [4.69, 9.17) is 37.9 Å². The normalized spacial score (nSPS) is 39.2. The number of carbonyl (C=O) groups is 6. The van der Waals surface area contributed by atoms with Crippen LogP contribution in [0.2, 0.25) is 0 Å². The van der Waals surface area contributed by atoms with E-state index >= 15 is 0 Å². The van der Waals surface area contributed by atoms with Gasteiger partial charge >= 0.3 is 0 Å². The molecule has 4 aliphatic rings. The minimum absolute atomic E-state index is 0.105. The van der Waals surface area contributed by atoms with Crippen LogP contribution < -0.4 is 26.6 Å². The summed E-state index contributed by atoms with van der Waals surface area (Å²) in [5, 5.41) is 141. The molecule has 0 radical (unpaired) electrons. The Bertz CT molecular complexity index is 1780. The fraction of sp³-hybridized carbons (Fsp3) is 0.850. The van der Waals surface area contributed by atoms with Gasteiger partial charge in [0.15, 0.2) is 25.2 Å². The number of aliphatic hydroxyl groups excluding tert-OH is 12. The predicted molar refractivity (Wildman–Crippen MR) is 226 cm³/mol. The van der Waals surface area contributed by atoms with Crippen molar-refractivity contribution in [2.75, 3.05) is 33.0 Å². The molecule has 0 aromatic carbocycles. The Morgan fingerprint density at radius 1 is 0.493 bits per heavy atom. The van der Waals surface area contributed by atoms with Gasteiger partial charge in [-0.3, -0.25) is 24.0 Å². The van der Waals surface area contributed by atoms with Crippen LogP contribution in [0, 0.1) is 0 Å². The highest BCUT2D eigenvalue weighted by Gasteiger charge is 2.57. The molecule has 0 spiro atoms. The van der Waals surface area contributed by atoms with E-state index in [0.717, 1.165) is 34.6 Å². The summed E-state index contributed by atoms with van der Waals surface area (Å²) in [7, 11) is 0. The van der Waals surface area contributed by atoms with Crippen LogP contribution in [0.4, 0.5) is 0 Å². The van der Waals surface area contributed by atoms with Gasteiger partial charge in [-0.2, -0.15) is 0 Å². The highest BCUT2D eigenvalue weighted by molar-refractivity contribution is 5.77. The van der Waals surface area contributed by atoms with Gasteiger partial charge in [-0.15, -0.1) is 0 Å². The summed E-state index contributed by atoms with van der Waals surface area (Å²) < 4.78 is 47.2. The van der Waals surface area contributed by atoms with E-state index in [2.05, 4.69) is 26.6 Å². The number of aldehydes is 1. The third-order valence-corrected chi connectivity index (χ3v) is 11.9. The van der Waals surface area contributed by atoms with Crippen molar-refractivity contribution >= 4 is 35.8 Å². The molecule has 3 unspecified atom stereocenters. The minimum Gasteiger partial charge on any atom is -0.394 e. The van der Waals surface area contributed by atoms with Crippen LogP contribution in [-0.4, -0.2) is 277 Å². The first kappa shape index (κ1) is 59.8. The number of hydrogen-bond donors (Lipinski definition) is 17. The summed E-state index contributed by atoms with van der Waals surface area (Å²) in [6, 6.07) is -8.45. The van der Waals surface area contributed by atoms with Gasteiger partial charge in [0.25, 0.3) is 0 Å². The Hall–Kier alpha value is -3.78. The molecule has 0 aromatic heterocycles. The zero-order valence-electron chi connectivity index (χ0n) is 39.1. The molecule has 4 saturated heterocycles. The van der Waals surface area contributed by atoms with E-state index in [1.54, 1.807) is 0 Å². The van der Waals surface area contributed by atoms with Crippen molar-refractivity contribution in [3.63, 3.8) is 0 Å². The molecule has 4 aliphatic heterocycles. The van der Waals surface area contributed by atoms with Gasteiger partial charge in [-0.25, -0.2) is 0 Å². The number of ether oxygens (including phenoxy) is 8. The molecule has 31 heteroatoms. The molecular formula is C40H67N5O26. The molecule has 4 heterocycles. The highest BCUT2D eigenvalue weighted by Crippen LogP contribution is 2.35. The van der Waals surface area contributed by atoms with Gasteiger partial charge in [-0.1, -0.05) is 0 Å². The SMILES string of the molecule is CC(=O)NC(C=O)[C@@H](O)[C@H](O[C@@H]1O[C@H](CO)[C@@H](OC2O[C@H](CO)[C@@H](O[C@@H]3O[C@H](CO)[C@@H](OC4O[C@H](CO)[C@@H](O)[C@H](O)[C@H]4NC(C)=O)[C@H](O)[C@H]3NC(C)=O)[C@H](O)[C@H]2NC(C)=O)[C@H](O)[C@H]1NC(C)=O)[C@H](O)CO. The maximum atomic E-state index is 12.6. The van der Waals surface area contributed by atoms with Crippen molar-refractivity contribution in [3.05, 3.63) is 0 Å². The maximum absolute atomic E-state index is 12.6. The van der Waals surface area contributed by atoms with Crippen LogP contribution in [0.25, 0.3) is 0 Å². The first-order valence-electron chi connectivity index (χ1n) is 22.3. The Labute approximate surface area is 404 Å². The summed E-state index contributed by atoms with van der Waals surface area (Å²) in [6.07, 6.45) is -34.8. The monoisotopic (exact) mass is 1030 g/mol. The topological polar surface area (TPSA) is 479 Å². The number of carbonyl (C=O) groups excluding carboxylic acids is 6. The Morgan fingerprint density at radius 2 is 0.817 bits per heavy atom. The molecule has 24 atom stereocenters. The lowest BCUT2D eigenvalue weighted by atomic mass is 9.93. The van der Waals surface area contributed by atoms with Crippen molar-refractivity contribution in [1.29, 1.82) is 0 Å². The van der Waals surface area contributed by atoms with Crippen molar-refractivity contribution in [3.8, 4) is 0 Å². The summed E-state index contributed by atoms with van der Waals surface area (Å²) in [4.78, 5) is 73.2. The van der Waals surface area contributed by atoms with Gasteiger partial charge in [0.1, 0.15) is 128 Å². The molecule has 0 aromatic rings. The van der Waals surface area contributed by atoms with Crippen molar-refractivity contribution in [1.82, 2.24) is 26.6 Å². The van der Waals surface area contributed by atoms with Gasteiger partial charge in [0.05, 0.1) is 33.0 Å². The van der Waals surface area contributed by atoms with Crippen molar-refractivity contribution < 1.29 is 128 Å². The molecule has 408 valence electrons. The van der Waals surface area contributed by atoms with E-state index in [1.165, 1.54) is 0 Å². The first-order chi connectivity index (χ1) is 33.5. The molecule has 71 heavy (non-hydrogen) atoms. The van der Waals surface area contributed by atoms with Gasteiger partial charge < -0.3 is 131 Å². The number of rotatable bonds is 22. The average molecular weight is 1030 g/mol. The largest absolute Gasteiger partial charge is 0.394 e. The standard InChI is InChI=1S/C40H67N5O26/c1-12(52)41-17(6-46)27(58)33(18(57)7-47)68-38-24(43-14(3)54)30(61)35(20(9-49)65-38)70-40-26(45-16(5)56)32(63)36(22(11-51)67-40)71-39-25(44-15(4)55)31(62)34(21(10-50)66-39)69-37-23(42-13(2)53)29(60)28(59)19(8-48)64-37/h6,17-40,47-51,57-63H,7-11H2,1-5H3,(H,41,52)(H,42,53)(H,43,54)(H,44,55)(H,45,56)/t17?,18-,19-,20-,21-,22-,23-,24-,25-,26-,27-,28-,29-,30-,31-,32-,33-,34-,35-,36-,37?,38+,39+,40?/m1/s1. The minimum atomic E-state index is -2.09. The number of aliphatic hydroxyl groups is 12. The first-order valence-corrected chi connectivity index (χ1v) is 22.3. The van der Waals surface area contributed by atoms with Gasteiger partial charge in [0.2, 0.25) is 29.5 Å². The zero-order chi connectivity index (χ0) is 53.2. The second kappa shape index (κ2) is 27.0. The molecule has 4 rings (SSSR count). The smallest absolute Gasteiger partial charge is 0.217 e. The predicted octanol–water partition coefficient (Wildman–Crippen LogP) is -11.4. The zero-order valence-corrected chi connectivity index (χ0v) is 39.1. The number of amides is 5. The maximum Gasteiger partial charge on any atom is 0.217 e. The lowest BCUT2D eigenvalue weighted by Crippen LogP contribution is -2.72. The molecular weight excluding hydrogens is 966 g/mol. The average Bonchev–Trinajstić information content (AvgIpc) is 3.31. The van der Waals surface area contributed by atoms with Crippen LogP contribution in [-0.2, 0) is 66.7 Å². The van der Waals surface area contributed by atoms with Crippen molar-refractivity contribution in [2.24, 2.45) is 0 Å². The Kier molecular flexibility index (Phi) is 22.7. The highest BCUT2D eigenvalue weighted by atomic mass is 16.8. The lowest BCUT2D eigenvalue weighted by Gasteiger charge is -2.51. The molecule has 0 saturated carbocycles. The second-order valence-corrected chi connectivity index (χ2v) is 17.3. The molecule has 31 nitrogen and oxygen atoms in total. The Morgan fingerprint density at radius 3 is 1.13 bits per heavy atom. The Balaban J connectivity index is 1.63. The molecule has 0 bridgehead atoms. The van der Waals surface area contributed by atoms with Gasteiger partial charge in [-0.05, 0) is 0 Å². The fourth-order valence-electron chi connectivity index (χ4n) is 8.57.